The highest BCUT2D eigenvalue weighted by molar-refractivity contribution is 5.98. The number of nitrogens with one attached hydrogen (secondary N) is 5. The van der Waals surface area contributed by atoms with Gasteiger partial charge in [-0.1, -0.05) is 6.07 Å². The Morgan fingerprint density at radius 1 is 0.854 bits per heavy atom. The molecule has 0 unspecified atom stereocenters. The van der Waals surface area contributed by atoms with Crippen molar-refractivity contribution >= 4 is 41.5 Å². The number of nitrogens with zero attached hydrogens (tertiary/aromatic N) is 1. The number of phenolic OH excluding ortho intramolecular Hbond substituents is 1. The number of aliphatic carboxylic acids is 1. The van der Waals surface area contributed by atoms with E-state index in [1.165, 1.54) is 0 Å². The van der Waals surface area contributed by atoms with Crippen molar-refractivity contribution in [2.45, 2.75) is 75.3 Å². The molecule has 20 heteroatoms. The van der Waals surface area contributed by atoms with E-state index in [4.69, 9.17) is 17.2 Å². The van der Waals surface area contributed by atoms with Crippen LogP contribution in [0.1, 0.15) is 49.7 Å². The standard InChI is InChI=1S/C28H40F3N9O8/c29-28(30,31)15-10-14(6-7-20(15)41)11-18-25(47)39-17(4-1-2-8-32)24(46)38-16(5-3-9-35-27(33)34)23(45)36-13-21(42)37-19(12-22(43)44)26(48)40-18/h6-7,10,16-19,41H,1-5,8-9,11-13,32H2,(H,36,45)(H,37,42)(H,38,46)(H,39,47)(H,40,48)(H,43,44)(H4,33,34,35)/t16-,17-,18+,19+/m0/s1. The van der Waals surface area contributed by atoms with Crippen molar-refractivity contribution in [1.82, 2.24) is 26.6 Å². The van der Waals surface area contributed by atoms with Crippen molar-refractivity contribution in [3.8, 4) is 5.75 Å². The monoisotopic (exact) mass is 687 g/mol. The van der Waals surface area contributed by atoms with Crippen LogP contribution in [-0.4, -0.2) is 95.5 Å². The number of hydrogen-bond donors (Lipinski definition) is 10. The number of nitrogens with two attached hydrogens (primary N) is 3. The van der Waals surface area contributed by atoms with E-state index in [-0.39, 0.29) is 43.9 Å². The van der Waals surface area contributed by atoms with E-state index in [0.717, 1.165) is 12.1 Å². The summed E-state index contributed by atoms with van der Waals surface area (Å²) in [4.78, 5) is 81.3. The molecular formula is C28H40F3N9O8. The minimum atomic E-state index is -4.97. The van der Waals surface area contributed by atoms with Gasteiger partial charge in [0, 0.05) is 13.0 Å². The largest absolute Gasteiger partial charge is 0.507 e. The second kappa shape index (κ2) is 18.3. The molecule has 5 amide bonds. The van der Waals surface area contributed by atoms with E-state index in [9.17, 15) is 52.2 Å². The third kappa shape index (κ3) is 12.9. The Morgan fingerprint density at radius 3 is 2.04 bits per heavy atom. The predicted molar refractivity (Wildman–Crippen MR) is 163 cm³/mol. The van der Waals surface area contributed by atoms with Gasteiger partial charge in [0.1, 0.15) is 29.9 Å². The fourth-order valence-electron chi connectivity index (χ4n) is 4.65. The van der Waals surface area contributed by atoms with Gasteiger partial charge in [0.25, 0.3) is 0 Å². The minimum Gasteiger partial charge on any atom is -0.507 e. The highest BCUT2D eigenvalue weighted by Crippen LogP contribution is 2.36. The number of amides is 5. The van der Waals surface area contributed by atoms with E-state index >= 15 is 0 Å². The molecule has 0 spiro atoms. The first-order valence-corrected chi connectivity index (χ1v) is 14.9. The molecule has 0 radical (unpaired) electrons. The molecular weight excluding hydrogens is 647 g/mol. The Morgan fingerprint density at radius 2 is 1.44 bits per heavy atom. The van der Waals surface area contributed by atoms with Crippen LogP contribution in [0.4, 0.5) is 13.2 Å². The number of carbonyl (C=O) groups excluding carboxylic acids is 5. The predicted octanol–water partition coefficient (Wildman–Crippen LogP) is -2.32. The zero-order chi connectivity index (χ0) is 36.0. The van der Waals surface area contributed by atoms with E-state index in [2.05, 4.69) is 31.6 Å². The zero-order valence-corrected chi connectivity index (χ0v) is 25.8. The Balaban J connectivity index is 2.55. The molecule has 13 N–H and O–H groups in total. The van der Waals surface area contributed by atoms with Crippen LogP contribution in [0.5, 0.6) is 5.75 Å². The number of guanidine groups is 1. The lowest BCUT2D eigenvalue weighted by molar-refractivity contribution is -0.141. The van der Waals surface area contributed by atoms with Crippen molar-refractivity contribution in [2.24, 2.45) is 22.2 Å². The maximum absolute atomic E-state index is 13.6. The Hall–Kier alpha value is -5.14. The number of carboxylic acid groups (broad SMARTS) is 1. The number of aliphatic imine (C=N–C) groups is 1. The number of carboxylic acids is 1. The summed E-state index contributed by atoms with van der Waals surface area (Å²) >= 11 is 0. The summed E-state index contributed by atoms with van der Waals surface area (Å²) in [5, 5.41) is 30.8. The lowest BCUT2D eigenvalue weighted by Gasteiger charge is -2.26. The third-order valence-corrected chi connectivity index (χ3v) is 7.05. The molecule has 48 heavy (non-hydrogen) atoms. The molecule has 1 aromatic carbocycles. The zero-order valence-electron chi connectivity index (χ0n) is 25.8. The third-order valence-electron chi connectivity index (χ3n) is 7.05. The van der Waals surface area contributed by atoms with Crippen LogP contribution in [0.15, 0.2) is 23.2 Å². The van der Waals surface area contributed by atoms with Gasteiger partial charge < -0.3 is 54.0 Å². The maximum Gasteiger partial charge on any atom is 0.419 e. The van der Waals surface area contributed by atoms with Crippen molar-refractivity contribution < 1.29 is 52.2 Å². The average Bonchev–Trinajstić information content (AvgIpc) is 2.99. The van der Waals surface area contributed by atoms with Crippen LogP contribution in [0.2, 0.25) is 0 Å². The number of unbranched alkanes of at least 4 members (excludes halogenated alkanes) is 1. The van der Waals surface area contributed by atoms with Crippen LogP contribution in [0, 0.1) is 0 Å². The first kappa shape index (κ1) is 39.0. The van der Waals surface area contributed by atoms with Crippen LogP contribution >= 0.6 is 0 Å². The van der Waals surface area contributed by atoms with Crippen molar-refractivity contribution in [3.05, 3.63) is 29.3 Å². The van der Waals surface area contributed by atoms with E-state index < -0.39 is 96.5 Å². The first-order valence-electron chi connectivity index (χ1n) is 14.9. The topological polar surface area (TPSA) is 293 Å². The number of rotatable bonds is 12. The lowest BCUT2D eigenvalue weighted by Crippen LogP contribution is -2.58. The van der Waals surface area contributed by atoms with Gasteiger partial charge in [-0.05, 0) is 56.3 Å². The summed E-state index contributed by atoms with van der Waals surface area (Å²) in [6.07, 6.45) is -5.63. The van der Waals surface area contributed by atoms with Gasteiger partial charge in [0.2, 0.25) is 29.5 Å². The Bertz CT molecular complexity index is 1370. The second-order valence-electron chi connectivity index (χ2n) is 10.9. The van der Waals surface area contributed by atoms with E-state index in [0.29, 0.717) is 18.9 Å². The van der Waals surface area contributed by atoms with Gasteiger partial charge >= 0.3 is 12.1 Å². The number of aromatic hydroxyl groups is 1. The molecule has 4 atom stereocenters. The number of hydrogen-bond acceptors (Lipinski definition) is 9. The summed E-state index contributed by atoms with van der Waals surface area (Å²) in [7, 11) is 0. The lowest BCUT2D eigenvalue weighted by atomic mass is 10.00. The molecule has 0 aromatic heterocycles. The SMILES string of the molecule is NCCCC[C@@H]1NC(=O)[C@@H](Cc2ccc(O)c(C(F)(F)F)c2)NC(=O)[C@@H](CC(=O)O)NC(=O)CNC(=O)[C@H](CCCN=C(N)N)NC1=O. The molecule has 1 fully saturated rings. The van der Waals surface area contributed by atoms with Gasteiger partial charge in [0.05, 0.1) is 18.5 Å². The quantitative estimate of drug-likeness (QED) is 0.0632. The molecule has 1 aromatic rings. The summed E-state index contributed by atoms with van der Waals surface area (Å²) in [6.45, 7) is -0.416. The number of halogens is 3. The van der Waals surface area contributed by atoms with Crippen LogP contribution in [0.3, 0.4) is 0 Å². The molecule has 266 valence electrons. The van der Waals surface area contributed by atoms with Gasteiger partial charge in [0.15, 0.2) is 5.96 Å². The molecule has 17 nitrogen and oxygen atoms in total. The van der Waals surface area contributed by atoms with Gasteiger partial charge in [-0.25, -0.2) is 0 Å². The fraction of sp³-hybridized carbons (Fsp3) is 0.536. The van der Waals surface area contributed by atoms with Crippen molar-refractivity contribution in [1.29, 1.82) is 0 Å². The minimum absolute atomic E-state index is 0.00308. The Labute approximate surface area is 272 Å². The summed E-state index contributed by atoms with van der Waals surface area (Å²) in [6, 6.07) is -3.70. The molecule has 0 aliphatic carbocycles. The van der Waals surface area contributed by atoms with E-state index in [1.54, 1.807) is 0 Å². The number of benzene rings is 1. The van der Waals surface area contributed by atoms with Crippen LogP contribution in [-0.2, 0) is 41.4 Å². The highest BCUT2D eigenvalue weighted by Gasteiger charge is 2.36. The average molecular weight is 688 g/mol. The summed E-state index contributed by atoms with van der Waals surface area (Å²) < 4.78 is 40.5. The molecule has 1 saturated heterocycles. The Kier molecular flexibility index (Phi) is 14.9. The van der Waals surface area contributed by atoms with E-state index in [1.807, 2.05) is 0 Å². The maximum atomic E-state index is 13.6. The summed E-state index contributed by atoms with van der Waals surface area (Å²) in [5.41, 5.74) is 14.6. The molecule has 0 saturated carbocycles. The number of alkyl halides is 3. The number of carbonyl (C=O) groups is 6. The second-order valence-corrected chi connectivity index (χ2v) is 10.9. The number of phenols is 1. The van der Waals surface area contributed by atoms with Crippen molar-refractivity contribution in [3.63, 3.8) is 0 Å². The normalized spacial score (nSPS) is 21.4. The van der Waals surface area contributed by atoms with Gasteiger partial charge in [-0.2, -0.15) is 13.2 Å². The smallest absolute Gasteiger partial charge is 0.419 e. The van der Waals surface area contributed by atoms with Crippen LogP contribution < -0.4 is 43.8 Å². The van der Waals surface area contributed by atoms with Gasteiger partial charge in [-0.15, -0.1) is 0 Å². The highest BCUT2D eigenvalue weighted by atomic mass is 19.4. The first-order chi connectivity index (χ1) is 22.5. The summed E-state index contributed by atoms with van der Waals surface area (Å²) in [5.74, 6) is -7.72. The van der Waals surface area contributed by atoms with Crippen molar-refractivity contribution in [2.75, 3.05) is 19.6 Å². The molecule has 1 aliphatic heterocycles. The fourth-order valence-corrected chi connectivity index (χ4v) is 4.65. The van der Waals surface area contributed by atoms with Gasteiger partial charge in [-0.3, -0.25) is 33.8 Å². The molecule has 2 rings (SSSR count). The molecule has 1 aliphatic rings. The molecule has 1 heterocycles. The molecule has 0 bridgehead atoms. The van der Waals surface area contributed by atoms with Crippen LogP contribution in [0.25, 0.3) is 0 Å².